The molecule has 0 aliphatic carbocycles. The first-order valence-corrected chi connectivity index (χ1v) is 6.44. The number of anilines is 1. The van der Waals surface area contributed by atoms with Crippen LogP contribution in [0.3, 0.4) is 0 Å². The van der Waals surface area contributed by atoms with E-state index in [2.05, 4.69) is 5.32 Å². The molecule has 0 amide bonds. The number of aliphatic carboxylic acids is 1. The van der Waals surface area contributed by atoms with E-state index in [9.17, 15) is 24.4 Å². The van der Waals surface area contributed by atoms with Gasteiger partial charge in [0.25, 0.3) is 5.69 Å². The number of benzene rings is 2. The van der Waals surface area contributed by atoms with Gasteiger partial charge in [-0.25, -0.2) is 9.18 Å². The highest BCUT2D eigenvalue weighted by atomic mass is 19.1. The Hall–Kier alpha value is -2.96. The number of nitrogens with one attached hydrogen (secondary N) is 1. The highest BCUT2D eigenvalue weighted by Gasteiger charge is 2.22. The summed E-state index contributed by atoms with van der Waals surface area (Å²) in [7, 11) is 0. The third kappa shape index (κ3) is 3.78. The fourth-order valence-corrected chi connectivity index (χ4v) is 2.02. The zero-order valence-electron chi connectivity index (χ0n) is 11.4. The lowest BCUT2D eigenvalue weighted by Crippen LogP contribution is -2.31. The Labute approximate surface area is 125 Å². The monoisotopic (exact) mass is 304 g/mol. The Morgan fingerprint density at radius 2 is 1.95 bits per heavy atom. The minimum absolute atomic E-state index is 0.115. The number of rotatable bonds is 6. The van der Waals surface area contributed by atoms with Gasteiger partial charge in [0.15, 0.2) is 0 Å². The van der Waals surface area contributed by atoms with Gasteiger partial charge in [-0.3, -0.25) is 10.1 Å². The van der Waals surface area contributed by atoms with Crippen molar-refractivity contribution in [2.75, 3.05) is 5.32 Å². The molecule has 0 spiro atoms. The van der Waals surface area contributed by atoms with E-state index in [1.165, 1.54) is 0 Å². The van der Waals surface area contributed by atoms with E-state index in [1.54, 1.807) is 30.3 Å². The smallest absolute Gasteiger partial charge is 0.326 e. The van der Waals surface area contributed by atoms with Gasteiger partial charge in [0.1, 0.15) is 17.5 Å². The van der Waals surface area contributed by atoms with Crippen LogP contribution >= 0.6 is 0 Å². The van der Waals surface area contributed by atoms with E-state index in [1.807, 2.05) is 0 Å². The predicted octanol–water partition coefficient (Wildman–Crippen LogP) is 2.84. The molecule has 2 aromatic rings. The largest absolute Gasteiger partial charge is 0.480 e. The van der Waals surface area contributed by atoms with Gasteiger partial charge in [0, 0.05) is 18.6 Å². The fourth-order valence-electron chi connectivity index (χ4n) is 2.02. The molecule has 7 heteroatoms. The normalized spacial score (nSPS) is 11.7. The Kier molecular flexibility index (Phi) is 4.67. The third-order valence-corrected chi connectivity index (χ3v) is 3.07. The van der Waals surface area contributed by atoms with Crippen LogP contribution in [0.5, 0.6) is 0 Å². The second kappa shape index (κ2) is 6.66. The average molecular weight is 304 g/mol. The molecule has 0 unspecified atom stereocenters. The van der Waals surface area contributed by atoms with Gasteiger partial charge in [-0.15, -0.1) is 0 Å². The SMILES string of the molecule is O=C(O)[C@H](Cc1ccccc1)Nc1cc(F)ccc1[N+](=O)[O-]. The molecule has 2 N–H and O–H groups in total. The van der Waals surface area contributed by atoms with Crippen molar-refractivity contribution in [1.29, 1.82) is 0 Å². The van der Waals surface area contributed by atoms with Crippen LogP contribution in [0.2, 0.25) is 0 Å². The van der Waals surface area contributed by atoms with Crippen molar-refractivity contribution in [1.82, 2.24) is 0 Å². The van der Waals surface area contributed by atoms with Crippen molar-refractivity contribution in [2.45, 2.75) is 12.5 Å². The molecular formula is C15H13FN2O4. The summed E-state index contributed by atoms with van der Waals surface area (Å²) in [6.45, 7) is 0. The van der Waals surface area contributed by atoms with Crippen LogP contribution < -0.4 is 5.32 Å². The summed E-state index contributed by atoms with van der Waals surface area (Å²) in [5.41, 5.74) is 0.218. The number of carboxylic acid groups (broad SMARTS) is 1. The number of nitrogens with zero attached hydrogens (tertiary/aromatic N) is 1. The Bertz CT molecular complexity index is 691. The summed E-state index contributed by atoms with van der Waals surface area (Å²) in [6.07, 6.45) is 0.115. The highest BCUT2D eigenvalue weighted by Crippen LogP contribution is 2.26. The number of hydrogen-bond acceptors (Lipinski definition) is 4. The van der Waals surface area contributed by atoms with E-state index in [4.69, 9.17) is 0 Å². The number of carbonyl (C=O) groups is 1. The Morgan fingerprint density at radius 1 is 1.27 bits per heavy atom. The summed E-state index contributed by atoms with van der Waals surface area (Å²) >= 11 is 0. The van der Waals surface area contributed by atoms with Gasteiger partial charge in [-0.2, -0.15) is 0 Å². The van der Waals surface area contributed by atoms with Gasteiger partial charge in [0.2, 0.25) is 0 Å². The van der Waals surface area contributed by atoms with Crippen molar-refractivity contribution < 1.29 is 19.2 Å². The van der Waals surface area contributed by atoms with Crippen LogP contribution in [0.1, 0.15) is 5.56 Å². The molecule has 22 heavy (non-hydrogen) atoms. The van der Waals surface area contributed by atoms with Crippen LogP contribution in [-0.4, -0.2) is 22.0 Å². The summed E-state index contributed by atoms with van der Waals surface area (Å²) in [5.74, 6) is -1.86. The molecule has 0 aromatic heterocycles. The number of halogens is 1. The lowest BCUT2D eigenvalue weighted by Gasteiger charge is -2.16. The van der Waals surface area contributed by atoms with E-state index in [0.717, 1.165) is 23.8 Å². The second-order valence-corrected chi connectivity index (χ2v) is 4.64. The summed E-state index contributed by atoms with van der Waals surface area (Å²) in [5, 5.41) is 22.7. The molecule has 1 atom stereocenters. The predicted molar refractivity (Wildman–Crippen MR) is 78.2 cm³/mol. The Balaban J connectivity index is 2.27. The minimum Gasteiger partial charge on any atom is -0.480 e. The molecule has 2 rings (SSSR count). The lowest BCUT2D eigenvalue weighted by atomic mass is 10.1. The first-order valence-electron chi connectivity index (χ1n) is 6.44. The van der Waals surface area contributed by atoms with Crippen molar-refractivity contribution in [2.24, 2.45) is 0 Å². The summed E-state index contributed by atoms with van der Waals surface area (Å²) in [6, 6.07) is 10.6. The highest BCUT2D eigenvalue weighted by molar-refractivity contribution is 5.79. The Morgan fingerprint density at radius 3 is 2.55 bits per heavy atom. The second-order valence-electron chi connectivity index (χ2n) is 4.64. The molecule has 0 saturated heterocycles. The molecule has 0 fully saturated rings. The van der Waals surface area contributed by atoms with Crippen LogP contribution in [0.25, 0.3) is 0 Å². The molecule has 114 valence electrons. The molecule has 0 saturated carbocycles. The molecule has 2 aromatic carbocycles. The number of nitro benzene ring substituents is 1. The third-order valence-electron chi connectivity index (χ3n) is 3.07. The quantitative estimate of drug-likeness (QED) is 0.632. The molecule has 0 aliphatic rings. The van der Waals surface area contributed by atoms with Crippen LogP contribution in [0, 0.1) is 15.9 Å². The van der Waals surface area contributed by atoms with Crippen LogP contribution in [-0.2, 0) is 11.2 Å². The van der Waals surface area contributed by atoms with E-state index >= 15 is 0 Å². The number of nitro groups is 1. The summed E-state index contributed by atoms with van der Waals surface area (Å²) in [4.78, 5) is 21.6. The van der Waals surface area contributed by atoms with Crippen molar-refractivity contribution in [3.8, 4) is 0 Å². The van der Waals surface area contributed by atoms with Crippen molar-refractivity contribution in [3.05, 3.63) is 70.0 Å². The molecule has 0 aliphatic heterocycles. The summed E-state index contributed by atoms with van der Waals surface area (Å²) < 4.78 is 13.3. The first-order chi connectivity index (χ1) is 10.5. The number of hydrogen-bond donors (Lipinski definition) is 2. The molecule has 0 bridgehead atoms. The average Bonchev–Trinajstić information content (AvgIpc) is 2.47. The van der Waals surface area contributed by atoms with E-state index in [-0.39, 0.29) is 17.8 Å². The van der Waals surface area contributed by atoms with Crippen LogP contribution in [0.4, 0.5) is 15.8 Å². The topological polar surface area (TPSA) is 92.5 Å². The van der Waals surface area contributed by atoms with Gasteiger partial charge in [-0.1, -0.05) is 30.3 Å². The minimum atomic E-state index is -1.18. The maximum atomic E-state index is 13.3. The van der Waals surface area contributed by atoms with E-state index in [0.29, 0.717) is 0 Å². The molecular weight excluding hydrogens is 291 g/mol. The van der Waals surface area contributed by atoms with Gasteiger partial charge < -0.3 is 10.4 Å². The molecule has 0 heterocycles. The molecule has 6 nitrogen and oxygen atoms in total. The maximum Gasteiger partial charge on any atom is 0.326 e. The lowest BCUT2D eigenvalue weighted by molar-refractivity contribution is -0.384. The van der Waals surface area contributed by atoms with Crippen molar-refractivity contribution in [3.63, 3.8) is 0 Å². The first kappa shape index (κ1) is 15.4. The van der Waals surface area contributed by atoms with Gasteiger partial charge in [0.05, 0.1) is 4.92 Å². The van der Waals surface area contributed by atoms with Gasteiger partial charge >= 0.3 is 5.97 Å². The molecule has 0 radical (unpaired) electrons. The zero-order chi connectivity index (χ0) is 16.1. The maximum absolute atomic E-state index is 13.3. The van der Waals surface area contributed by atoms with Crippen LogP contribution in [0.15, 0.2) is 48.5 Å². The number of carboxylic acids is 1. The van der Waals surface area contributed by atoms with Gasteiger partial charge in [-0.05, 0) is 11.6 Å². The standard InChI is InChI=1S/C15H13FN2O4/c16-11-6-7-14(18(21)22)12(9-11)17-13(15(19)20)8-10-4-2-1-3-5-10/h1-7,9,13,17H,8H2,(H,19,20)/t13-/m0/s1. The zero-order valence-corrected chi connectivity index (χ0v) is 11.4. The fraction of sp³-hybridized carbons (Fsp3) is 0.133. The van der Waals surface area contributed by atoms with E-state index < -0.39 is 22.8 Å². The van der Waals surface area contributed by atoms with Crippen molar-refractivity contribution >= 4 is 17.3 Å².